The molecule has 2 atom stereocenters. The van der Waals surface area contributed by atoms with Crippen LogP contribution in [0.3, 0.4) is 0 Å². The first-order valence-corrected chi connectivity index (χ1v) is 17.5. The van der Waals surface area contributed by atoms with Gasteiger partial charge in [-0.05, 0) is 59.7 Å². The lowest BCUT2D eigenvalue weighted by atomic mass is 9.87. The molecule has 0 bridgehead atoms. The number of carbonyl (C=O) groups is 2. The van der Waals surface area contributed by atoms with E-state index in [0.29, 0.717) is 16.0 Å². The van der Waals surface area contributed by atoms with E-state index in [1.807, 2.05) is 54.6 Å². The Morgan fingerprint density at radius 3 is 2.29 bits per heavy atom. The number of para-hydroxylation sites is 1. The van der Waals surface area contributed by atoms with Crippen molar-refractivity contribution < 1.29 is 41.4 Å². The molecule has 14 heteroatoms. The average molecular weight is 728 g/mol. The minimum Gasteiger partial charge on any atom is -0.507 e. The zero-order valence-electron chi connectivity index (χ0n) is 26.5. The molecule has 49 heavy (non-hydrogen) atoms. The fraction of sp³-hybridized carbons (Fsp3) is 0.229. The van der Waals surface area contributed by atoms with Gasteiger partial charge in [-0.3, -0.25) is 18.8 Å². The van der Waals surface area contributed by atoms with Crippen LogP contribution < -0.4 is 5.63 Å². The zero-order chi connectivity index (χ0) is 35.7. The number of nitrogens with zero attached hydrogens (tertiary/aromatic N) is 1. The molecule has 1 aliphatic heterocycles. The monoisotopic (exact) mass is 727 g/mol. The topological polar surface area (TPSA) is 172 Å². The number of hydrogen-bond acceptors (Lipinski definition) is 10. The van der Waals surface area contributed by atoms with Gasteiger partial charge in [0, 0.05) is 35.3 Å². The van der Waals surface area contributed by atoms with Crippen LogP contribution in [0.4, 0.5) is 0 Å². The third-order valence-corrected chi connectivity index (χ3v) is 9.06. The van der Waals surface area contributed by atoms with Crippen molar-refractivity contribution in [2.75, 3.05) is 13.7 Å². The fourth-order valence-electron chi connectivity index (χ4n) is 5.59. The number of thiophene rings is 1. The summed E-state index contributed by atoms with van der Waals surface area (Å²) in [5.74, 6) is -0.978. The molecule has 0 spiro atoms. The number of hydrogen-bond donors (Lipinski definition) is 3. The Bertz CT molecular complexity index is 2070. The summed E-state index contributed by atoms with van der Waals surface area (Å²) >= 11 is 8.07. The van der Waals surface area contributed by atoms with Gasteiger partial charge in [-0.15, -0.1) is 11.3 Å². The average Bonchev–Trinajstić information content (AvgIpc) is 3.53. The van der Waals surface area contributed by atoms with Gasteiger partial charge in [0.05, 0.1) is 18.1 Å². The molecule has 6 rings (SSSR count). The van der Waals surface area contributed by atoms with E-state index in [2.05, 4.69) is 16.3 Å². The van der Waals surface area contributed by atoms with E-state index in [4.69, 9.17) is 38.3 Å². The van der Waals surface area contributed by atoms with Crippen molar-refractivity contribution in [1.82, 2.24) is 4.90 Å². The molecule has 0 radical (unpaired) electrons. The lowest BCUT2D eigenvalue weighted by molar-refractivity contribution is -0.147. The molecule has 1 aliphatic rings. The van der Waals surface area contributed by atoms with E-state index < -0.39 is 28.0 Å². The molecule has 3 heterocycles. The molecule has 0 amide bonds. The van der Waals surface area contributed by atoms with Crippen molar-refractivity contribution in [2.45, 2.75) is 38.3 Å². The third kappa shape index (κ3) is 10.1. The Balaban J connectivity index is 0.000000195. The zero-order valence-corrected chi connectivity index (χ0v) is 28.9. The second-order valence-corrected chi connectivity index (χ2v) is 13.3. The standard InChI is InChI=1S/C19H16O4.C16H16ClNO2S.H2O4S/c1-12(20)11-15(13-7-3-2-4-8-13)17-18(21)14-9-5-6-10-16(14)23-19(17)22;1-20-16(19)15(12-4-2-3-5-13(12)17)18-8-6-14-11(10-18)7-9-21-14;1-5(2,3)4/h2-10,15,21H,11H2,1H3;2-5,7,9,15H,6,8,10H2,1H3;(H2,1,2,3,4)/t;15-;/m.0./s1. The van der Waals surface area contributed by atoms with Crippen LogP contribution in [0.25, 0.3) is 11.0 Å². The van der Waals surface area contributed by atoms with E-state index in [1.54, 1.807) is 35.6 Å². The number of Topliss-reactive ketones (excluding diaryl/α,β-unsaturated/α-hetero) is 1. The smallest absolute Gasteiger partial charge is 0.394 e. The van der Waals surface area contributed by atoms with Gasteiger partial charge in [0.2, 0.25) is 0 Å². The summed E-state index contributed by atoms with van der Waals surface area (Å²) in [5.41, 5.74) is 2.74. The number of rotatable bonds is 7. The summed E-state index contributed by atoms with van der Waals surface area (Å²) in [6.07, 6.45) is 1.09. The minimum atomic E-state index is -4.67. The Morgan fingerprint density at radius 1 is 1.00 bits per heavy atom. The summed E-state index contributed by atoms with van der Waals surface area (Å²) in [7, 11) is -3.24. The molecule has 0 fully saturated rings. The van der Waals surface area contributed by atoms with Crippen molar-refractivity contribution in [3.8, 4) is 5.75 Å². The minimum absolute atomic E-state index is 0.0641. The van der Waals surface area contributed by atoms with Gasteiger partial charge in [-0.25, -0.2) is 9.59 Å². The molecule has 0 saturated carbocycles. The van der Waals surface area contributed by atoms with Gasteiger partial charge in [0.15, 0.2) is 0 Å². The third-order valence-electron chi connectivity index (χ3n) is 7.69. The number of aromatic hydroxyl groups is 1. The maximum atomic E-state index is 12.4. The molecular formula is C35H34ClNO10S2. The first-order chi connectivity index (χ1) is 23.3. The van der Waals surface area contributed by atoms with Crippen LogP contribution in [0.2, 0.25) is 5.02 Å². The van der Waals surface area contributed by atoms with Crippen molar-refractivity contribution in [2.24, 2.45) is 0 Å². The van der Waals surface area contributed by atoms with Gasteiger partial charge in [-0.1, -0.05) is 72.3 Å². The summed E-state index contributed by atoms with van der Waals surface area (Å²) in [6.45, 7) is 3.05. The lowest BCUT2D eigenvalue weighted by Gasteiger charge is -2.33. The van der Waals surface area contributed by atoms with Crippen LogP contribution in [-0.2, 0) is 37.7 Å². The highest BCUT2D eigenvalue weighted by Crippen LogP contribution is 2.36. The molecule has 11 nitrogen and oxygen atoms in total. The number of methoxy groups -OCH3 is 1. The molecular weight excluding hydrogens is 694 g/mol. The number of benzene rings is 3. The maximum Gasteiger partial charge on any atom is 0.394 e. The van der Waals surface area contributed by atoms with Crippen LogP contribution in [0.15, 0.2) is 99.5 Å². The molecule has 2 aromatic heterocycles. The highest BCUT2D eigenvalue weighted by atomic mass is 35.5. The highest BCUT2D eigenvalue weighted by molar-refractivity contribution is 7.79. The van der Waals surface area contributed by atoms with Gasteiger partial charge < -0.3 is 14.3 Å². The summed E-state index contributed by atoms with van der Waals surface area (Å²) in [4.78, 5) is 39.9. The van der Waals surface area contributed by atoms with E-state index in [9.17, 15) is 19.5 Å². The second-order valence-electron chi connectivity index (χ2n) is 11.0. The predicted molar refractivity (Wildman–Crippen MR) is 187 cm³/mol. The maximum absolute atomic E-state index is 12.4. The molecule has 5 aromatic rings. The first-order valence-electron chi connectivity index (χ1n) is 14.9. The second kappa shape index (κ2) is 16.8. The quantitative estimate of drug-likeness (QED) is 0.0934. The first kappa shape index (κ1) is 37.4. The largest absolute Gasteiger partial charge is 0.507 e. The fourth-order valence-corrected chi connectivity index (χ4v) is 6.72. The van der Waals surface area contributed by atoms with Crippen LogP contribution in [0.5, 0.6) is 5.75 Å². The van der Waals surface area contributed by atoms with E-state index in [1.165, 1.54) is 24.5 Å². The van der Waals surface area contributed by atoms with E-state index in [0.717, 1.165) is 30.6 Å². The SMILES string of the molecule is CC(=O)CC(c1ccccc1)c1c(O)c2ccccc2oc1=O.COC(=O)[C@H](c1ccccc1Cl)N1CCc2sccc2C1.O=S(=O)(O)O. The molecule has 258 valence electrons. The van der Waals surface area contributed by atoms with Crippen molar-refractivity contribution in [3.05, 3.63) is 133 Å². The number of fused-ring (bicyclic) bond motifs is 2. The molecule has 0 aliphatic carbocycles. The number of esters is 1. The van der Waals surface area contributed by atoms with Crippen molar-refractivity contribution in [3.63, 3.8) is 0 Å². The molecule has 0 saturated heterocycles. The van der Waals surface area contributed by atoms with Gasteiger partial charge in [0.1, 0.15) is 23.2 Å². The van der Waals surface area contributed by atoms with E-state index >= 15 is 0 Å². The number of carbonyl (C=O) groups excluding carboxylic acids is 2. The Labute approximate surface area is 291 Å². The molecule has 3 N–H and O–H groups in total. The van der Waals surface area contributed by atoms with Crippen molar-refractivity contribution in [1.29, 1.82) is 0 Å². The summed E-state index contributed by atoms with van der Waals surface area (Å²) in [6, 6.07) is 25.2. The van der Waals surface area contributed by atoms with Gasteiger partial charge in [0.25, 0.3) is 0 Å². The van der Waals surface area contributed by atoms with Crippen molar-refractivity contribution >= 4 is 56.1 Å². The number of ether oxygens (including phenoxy) is 1. The van der Waals surface area contributed by atoms with Gasteiger partial charge >= 0.3 is 22.0 Å². The van der Waals surface area contributed by atoms with Crippen LogP contribution in [0, 0.1) is 0 Å². The summed E-state index contributed by atoms with van der Waals surface area (Å²) < 4.78 is 41.9. The van der Waals surface area contributed by atoms with Gasteiger partial charge in [-0.2, -0.15) is 8.42 Å². The Kier molecular flexibility index (Phi) is 12.9. The highest BCUT2D eigenvalue weighted by Gasteiger charge is 2.33. The molecule has 1 unspecified atom stereocenters. The summed E-state index contributed by atoms with van der Waals surface area (Å²) in [5, 5.41) is 13.8. The predicted octanol–water partition coefficient (Wildman–Crippen LogP) is 6.63. The Morgan fingerprint density at radius 2 is 1.63 bits per heavy atom. The van der Waals surface area contributed by atoms with Crippen LogP contribution in [0.1, 0.15) is 52.4 Å². The number of ketones is 1. The Hall–Kier alpha value is -4.37. The van der Waals surface area contributed by atoms with Crippen LogP contribution >= 0.6 is 22.9 Å². The number of halogens is 1. The van der Waals surface area contributed by atoms with Crippen LogP contribution in [-0.4, -0.2) is 52.9 Å². The molecule has 3 aromatic carbocycles. The van der Waals surface area contributed by atoms with E-state index in [-0.39, 0.29) is 29.5 Å². The normalized spacial score (nSPS) is 13.9. The lowest BCUT2D eigenvalue weighted by Crippen LogP contribution is -2.38.